The van der Waals surface area contributed by atoms with Crippen LogP contribution in [0.4, 0.5) is 0 Å². The third-order valence-corrected chi connectivity index (χ3v) is 5.99. The van der Waals surface area contributed by atoms with Gasteiger partial charge >= 0.3 is 0 Å². The van der Waals surface area contributed by atoms with E-state index in [9.17, 15) is 0 Å². The lowest BCUT2D eigenvalue weighted by Gasteiger charge is -2.53. The lowest BCUT2D eigenvalue weighted by Crippen LogP contribution is -2.43. The Kier molecular flexibility index (Phi) is 2.92. The highest BCUT2D eigenvalue weighted by Crippen LogP contribution is 2.59. The first-order valence-electron chi connectivity index (χ1n) is 8.21. The first-order valence-corrected chi connectivity index (χ1v) is 8.21. The van der Waals surface area contributed by atoms with E-state index in [0.29, 0.717) is 17.7 Å². The van der Waals surface area contributed by atoms with E-state index < -0.39 is 0 Å². The molecule has 4 heteroatoms. The van der Waals surface area contributed by atoms with Crippen molar-refractivity contribution in [3.63, 3.8) is 0 Å². The fourth-order valence-electron chi connectivity index (χ4n) is 5.14. The van der Waals surface area contributed by atoms with Crippen molar-refractivity contribution < 1.29 is 4.52 Å². The number of nitrogens with two attached hydrogens (primary N) is 1. The largest absolute Gasteiger partial charge is 0.339 e. The molecule has 1 atom stereocenters. The van der Waals surface area contributed by atoms with Gasteiger partial charge < -0.3 is 10.3 Å². The predicted octanol–water partition coefficient (Wildman–Crippen LogP) is 3.27. The number of hydrogen-bond donors (Lipinski definition) is 1. The topological polar surface area (TPSA) is 64.9 Å². The van der Waals surface area contributed by atoms with Crippen molar-refractivity contribution in [1.29, 1.82) is 0 Å². The van der Waals surface area contributed by atoms with Gasteiger partial charge in [-0.25, -0.2) is 0 Å². The molecule has 0 spiro atoms. The molecule has 0 aliphatic heterocycles. The molecule has 0 radical (unpaired) electrons. The minimum absolute atomic E-state index is 0.107. The summed E-state index contributed by atoms with van der Waals surface area (Å²) in [6, 6.07) is -0.107. The quantitative estimate of drug-likeness (QED) is 0.919. The average molecular weight is 275 g/mol. The fraction of sp³-hybridized carbons (Fsp3) is 0.875. The maximum Gasteiger partial charge on any atom is 0.230 e. The molecule has 4 aliphatic rings. The van der Waals surface area contributed by atoms with E-state index in [1.165, 1.54) is 32.1 Å². The van der Waals surface area contributed by atoms with Crippen LogP contribution in [-0.4, -0.2) is 10.1 Å². The van der Waals surface area contributed by atoms with Crippen LogP contribution in [0.25, 0.3) is 0 Å². The zero-order valence-corrected chi connectivity index (χ0v) is 12.5. The van der Waals surface area contributed by atoms with Crippen LogP contribution in [0.3, 0.4) is 0 Å². The Morgan fingerprint density at radius 3 is 2.20 bits per heavy atom. The molecule has 4 saturated carbocycles. The molecule has 20 heavy (non-hydrogen) atoms. The van der Waals surface area contributed by atoms with Gasteiger partial charge in [0.1, 0.15) is 0 Å². The molecule has 110 valence electrons. The summed E-state index contributed by atoms with van der Waals surface area (Å²) in [6.45, 7) is 4.20. The summed E-state index contributed by atoms with van der Waals surface area (Å²) >= 11 is 0. The van der Waals surface area contributed by atoms with Gasteiger partial charge in [-0.05, 0) is 61.7 Å². The summed E-state index contributed by atoms with van der Waals surface area (Å²) in [7, 11) is 0. The molecule has 4 aliphatic carbocycles. The fourth-order valence-corrected chi connectivity index (χ4v) is 5.14. The second-order valence-electron chi connectivity index (χ2n) is 7.72. The highest BCUT2D eigenvalue weighted by molar-refractivity contribution is 5.10. The molecule has 2 N–H and O–H groups in total. The Morgan fingerprint density at radius 2 is 1.65 bits per heavy atom. The molecule has 4 bridgehead atoms. The van der Waals surface area contributed by atoms with Gasteiger partial charge in [0.2, 0.25) is 5.89 Å². The molecule has 4 nitrogen and oxygen atoms in total. The summed E-state index contributed by atoms with van der Waals surface area (Å²) in [5, 5.41) is 4.16. The molecule has 5 rings (SSSR count). The van der Waals surface area contributed by atoms with Crippen LogP contribution in [0, 0.1) is 29.6 Å². The van der Waals surface area contributed by atoms with Gasteiger partial charge in [-0.2, -0.15) is 4.98 Å². The maximum atomic E-state index is 6.14. The van der Waals surface area contributed by atoms with Gasteiger partial charge in [0.15, 0.2) is 5.82 Å². The van der Waals surface area contributed by atoms with Crippen molar-refractivity contribution >= 4 is 0 Å². The van der Waals surface area contributed by atoms with E-state index >= 15 is 0 Å². The second kappa shape index (κ2) is 4.55. The first kappa shape index (κ1) is 12.8. The molecule has 4 fully saturated rings. The number of rotatable bonds is 3. The Labute approximate surface area is 120 Å². The Morgan fingerprint density at radius 1 is 1.05 bits per heavy atom. The van der Waals surface area contributed by atoms with E-state index in [0.717, 1.165) is 29.6 Å². The molecule has 1 heterocycles. The van der Waals surface area contributed by atoms with Crippen LogP contribution >= 0.6 is 0 Å². The minimum Gasteiger partial charge on any atom is -0.339 e. The number of nitrogens with zero attached hydrogens (tertiary/aromatic N) is 2. The van der Waals surface area contributed by atoms with Crippen molar-refractivity contribution in [2.45, 2.75) is 57.9 Å². The molecule has 1 aromatic rings. The van der Waals surface area contributed by atoms with Crippen molar-refractivity contribution in [3.8, 4) is 0 Å². The van der Waals surface area contributed by atoms with Crippen LogP contribution in [0.5, 0.6) is 0 Å². The maximum absolute atomic E-state index is 6.14. The molecule has 0 saturated heterocycles. The van der Waals surface area contributed by atoms with Crippen LogP contribution in [0.15, 0.2) is 4.52 Å². The molecule has 1 aromatic heterocycles. The second-order valence-corrected chi connectivity index (χ2v) is 7.72. The normalized spacial score (nSPS) is 40.5. The van der Waals surface area contributed by atoms with Crippen LogP contribution in [0.2, 0.25) is 0 Å². The summed E-state index contributed by atoms with van der Waals surface area (Å²) in [4.78, 5) is 4.67. The van der Waals surface area contributed by atoms with Crippen molar-refractivity contribution in [3.05, 3.63) is 11.7 Å². The highest BCUT2D eigenvalue weighted by Gasteiger charge is 2.50. The third kappa shape index (κ3) is 1.92. The van der Waals surface area contributed by atoms with E-state index in [2.05, 4.69) is 24.0 Å². The highest BCUT2D eigenvalue weighted by atomic mass is 16.5. The minimum atomic E-state index is -0.107. The first-order chi connectivity index (χ1) is 9.61. The molecular weight excluding hydrogens is 250 g/mol. The van der Waals surface area contributed by atoms with Gasteiger partial charge in [-0.3, -0.25) is 0 Å². The van der Waals surface area contributed by atoms with Gasteiger partial charge in [-0.1, -0.05) is 19.0 Å². The monoisotopic (exact) mass is 275 g/mol. The Bertz CT molecular complexity index is 468. The van der Waals surface area contributed by atoms with Crippen LogP contribution in [-0.2, 0) is 0 Å². The molecule has 0 amide bonds. The lowest BCUT2D eigenvalue weighted by molar-refractivity contribution is -0.0131. The van der Waals surface area contributed by atoms with Crippen LogP contribution in [0.1, 0.15) is 69.6 Å². The standard InChI is InChI=1S/C16H25N3O/c1-8(2)14(17)15-18-16(20-19-15)13-11-4-9-3-10(6-11)7-12(13)5-9/h8-14H,3-7,17H2,1-2H3. The SMILES string of the molecule is CC(C)C(N)c1noc(C2C3CC4CC(C3)CC2C4)n1. The predicted molar refractivity (Wildman–Crippen MR) is 75.9 cm³/mol. The summed E-state index contributed by atoms with van der Waals surface area (Å²) in [6.07, 6.45) is 7.00. The van der Waals surface area contributed by atoms with Crippen LogP contribution < -0.4 is 5.73 Å². The molecule has 1 unspecified atom stereocenters. The smallest absolute Gasteiger partial charge is 0.230 e. The van der Waals surface area contributed by atoms with E-state index in [1.807, 2.05) is 0 Å². The van der Waals surface area contributed by atoms with Crippen molar-refractivity contribution in [2.24, 2.45) is 35.3 Å². The number of hydrogen-bond acceptors (Lipinski definition) is 4. The third-order valence-electron chi connectivity index (χ3n) is 5.99. The Hall–Kier alpha value is -0.900. The summed E-state index contributed by atoms with van der Waals surface area (Å²) in [5.41, 5.74) is 6.14. The summed E-state index contributed by atoms with van der Waals surface area (Å²) in [5.74, 6) is 5.98. The number of aromatic nitrogens is 2. The van der Waals surface area contributed by atoms with E-state index in [4.69, 9.17) is 10.3 Å². The zero-order chi connectivity index (χ0) is 13.9. The van der Waals surface area contributed by atoms with Crippen molar-refractivity contribution in [1.82, 2.24) is 10.1 Å². The van der Waals surface area contributed by atoms with Crippen molar-refractivity contribution in [2.75, 3.05) is 0 Å². The summed E-state index contributed by atoms with van der Waals surface area (Å²) < 4.78 is 5.62. The van der Waals surface area contributed by atoms with Gasteiger partial charge in [0.05, 0.1) is 6.04 Å². The zero-order valence-electron chi connectivity index (χ0n) is 12.5. The van der Waals surface area contributed by atoms with Gasteiger partial charge in [0, 0.05) is 5.92 Å². The average Bonchev–Trinajstić information content (AvgIpc) is 2.85. The van der Waals surface area contributed by atoms with E-state index in [1.54, 1.807) is 0 Å². The lowest BCUT2D eigenvalue weighted by atomic mass is 9.52. The molecule has 0 aromatic carbocycles. The Balaban J connectivity index is 1.59. The molecular formula is C16H25N3O. The van der Waals surface area contributed by atoms with E-state index in [-0.39, 0.29) is 6.04 Å². The van der Waals surface area contributed by atoms with Gasteiger partial charge in [0.25, 0.3) is 0 Å². The van der Waals surface area contributed by atoms with Gasteiger partial charge in [-0.15, -0.1) is 0 Å².